The van der Waals surface area contributed by atoms with Crippen molar-refractivity contribution < 1.29 is 32.6 Å². The molecule has 0 aliphatic heterocycles. The number of halogens is 4. The molecule has 0 radical (unpaired) electrons. The van der Waals surface area contributed by atoms with Crippen LogP contribution in [0.5, 0.6) is 11.5 Å². The number of amides is 1. The van der Waals surface area contributed by atoms with Gasteiger partial charge in [-0.1, -0.05) is 31.5 Å². The third-order valence-corrected chi connectivity index (χ3v) is 4.22. The first-order valence-electron chi connectivity index (χ1n) is 8.11. The van der Waals surface area contributed by atoms with Crippen molar-refractivity contribution in [3.8, 4) is 11.5 Å². The second-order valence-electron chi connectivity index (χ2n) is 6.32. The molecule has 2 aromatic carbocycles. The van der Waals surface area contributed by atoms with E-state index < -0.39 is 46.4 Å². The Labute approximate surface area is 163 Å². The van der Waals surface area contributed by atoms with Crippen molar-refractivity contribution in [2.75, 3.05) is 0 Å². The standard InChI is InChI=1S/C19H17ClF3NO4/c1-9(2)16(25)12-5-6-14(15(17(12)26)19(21,22)23)28-8-10-3-4-11(18(24)27)13(20)7-10/h3-7,9,26H,8H2,1-2H3,(H2,24,27). The maximum atomic E-state index is 13.5. The Morgan fingerprint density at radius 2 is 1.79 bits per heavy atom. The molecule has 0 bridgehead atoms. The van der Waals surface area contributed by atoms with Crippen LogP contribution in [0.2, 0.25) is 5.02 Å². The second-order valence-corrected chi connectivity index (χ2v) is 6.73. The van der Waals surface area contributed by atoms with Crippen molar-refractivity contribution >= 4 is 23.3 Å². The molecule has 0 spiro atoms. The number of benzene rings is 2. The van der Waals surface area contributed by atoms with Crippen molar-refractivity contribution in [3.63, 3.8) is 0 Å². The highest BCUT2D eigenvalue weighted by Crippen LogP contribution is 2.44. The number of carbonyl (C=O) groups is 2. The fraction of sp³-hybridized carbons (Fsp3) is 0.263. The highest BCUT2D eigenvalue weighted by Gasteiger charge is 2.39. The number of carbonyl (C=O) groups excluding carboxylic acids is 2. The van der Waals surface area contributed by atoms with Crippen LogP contribution in [-0.4, -0.2) is 16.8 Å². The first kappa shape index (κ1) is 21.6. The molecule has 0 fully saturated rings. The van der Waals surface area contributed by atoms with Gasteiger partial charge in [-0.05, 0) is 29.8 Å². The van der Waals surface area contributed by atoms with Crippen LogP contribution in [0.25, 0.3) is 0 Å². The van der Waals surface area contributed by atoms with Crippen LogP contribution in [0.4, 0.5) is 13.2 Å². The van der Waals surface area contributed by atoms with Gasteiger partial charge < -0.3 is 15.6 Å². The Morgan fingerprint density at radius 3 is 2.29 bits per heavy atom. The molecule has 0 unspecified atom stereocenters. The summed E-state index contributed by atoms with van der Waals surface area (Å²) in [5, 5.41) is 10.1. The van der Waals surface area contributed by atoms with Gasteiger partial charge in [-0.15, -0.1) is 0 Å². The fourth-order valence-electron chi connectivity index (χ4n) is 2.49. The monoisotopic (exact) mass is 415 g/mol. The number of rotatable bonds is 6. The average molecular weight is 416 g/mol. The molecule has 2 aromatic rings. The summed E-state index contributed by atoms with van der Waals surface area (Å²) in [5.74, 6) is -3.77. The summed E-state index contributed by atoms with van der Waals surface area (Å²) < 4.78 is 45.6. The van der Waals surface area contributed by atoms with E-state index in [9.17, 15) is 27.9 Å². The van der Waals surface area contributed by atoms with Crippen LogP contribution in [0, 0.1) is 5.92 Å². The molecule has 0 aliphatic rings. The molecule has 1 amide bonds. The van der Waals surface area contributed by atoms with Gasteiger partial charge in [0.1, 0.15) is 23.7 Å². The first-order chi connectivity index (χ1) is 12.9. The van der Waals surface area contributed by atoms with E-state index in [1.165, 1.54) is 32.0 Å². The summed E-state index contributed by atoms with van der Waals surface area (Å²) in [6.45, 7) is 2.70. The second kappa shape index (κ2) is 8.10. The van der Waals surface area contributed by atoms with Crippen LogP contribution in [0.3, 0.4) is 0 Å². The van der Waals surface area contributed by atoms with E-state index in [-0.39, 0.29) is 17.2 Å². The number of Topliss-reactive ketones (excluding diaryl/α,β-unsaturated/α-hetero) is 1. The molecule has 0 saturated carbocycles. The average Bonchev–Trinajstić information content (AvgIpc) is 2.57. The highest BCUT2D eigenvalue weighted by molar-refractivity contribution is 6.33. The predicted octanol–water partition coefficient (Wildman–Crippen LogP) is 4.58. The molecule has 0 aromatic heterocycles. The van der Waals surface area contributed by atoms with Gasteiger partial charge >= 0.3 is 6.18 Å². The quantitative estimate of drug-likeness (QED) is 0.676. The normalized spacial score (nSPS) is 11.5. The van der Waals surface area contributed by atoms with Crippen molar-refractivity contribution in [3.05, 3.63) is 57.6 Å². The van der Waals surface area contributed by atoms with Gasteiger partial charge in [0.25, 0.3) is 0 Å². The third kappa shape index (κ3) is 4.56. The van der Waals surface area contributed by atoms with Gasteiger partial charge in [0, 0.05) is 5.92 Å². The van der Waals surface area contributed by atoms with E-state index >= 15 is 0 Å². The highest BCUT2D eigenvalue weighted by atomic mass is 35.5. The molecule has 9 heteroatoms. The van der Waals surface area contributed by atoms with E-state index in [1.807, 2.05) is 0 Å². The summed E-state index contributed by atoms with van der Waals surface area (Å²) in [4.78, 5) is 23.2. The van der Waals surface area contributed by atoms with E-state index in [1.54, 1.807) is 0 Å². The Morgan fingerprint density at radius 1 is 1.18 bits per heavy atom. The van der Waals surface area contributed by atoms with Gasteiger partial charge in [-0.2, -0.15) is 13.2 Å². The lowest BCUT2D eigenvalue weighted by Crippen LogP contribution is -2.14. The zero-order chi connectivity index (χ0) is 21.2. The summed E-state index contributed by atoms with van der Waals surface area (Å²) >= 11 is 5.91. The number of hydrogen-bond donors (Lipinski definition) is 2. The number of primary amides is 1. The minimum Gasteiger partial charge on any atom is -0.506 e. The number of phenols is 1. The molecule has 0 aliphatic carbocycles. The number of phenolic OH excluding ortho intramolecular Hbond substituents is 1. The number of aromatic hydroxyl groups is 1. The van der Waals surface area contributed by atoms with E-state index in [4.69, 9.17) is 22.1 Å². The summed E-state index contributed by atoms with van der Waals surface area (Å²) in [6.07, 6.45) is -4.94. The number of ketones is 1. The molecule has 3 N–H and O–H groups in total. The number of alkyl halides is 3. The number of nitrogens with two attached hydrogens (primary N) is 1. The molecular weight excluding hydrogens is 399 g/mol. The van der Waals surface area contributed by atoms with E-state index in [0.717, 1.165) is 12.1 Å². The Balaban J connectivity index is 2.38. The fourth-order valence-corrected chi connectivity index (χ4v) is 2.78. The maximum absolute atomic E-state index is 13.5. The van der Waals surface area contributed by atoms with Gasteiger partial charge in [0.15, 0.2) is 5.78 Å². The minimum atomic E-state index is -4.94. The first-order valence-corrected chi connectivity index (χ1v) is 8.49. The van der Waals surface area contributed by atoms with Crippen LogP contribution < -0.4 is 10.5 Å². The van der Waals surface area contributed by atoms with Crippen molar-refractivity contribution in [2.45, 2.75) is 26.6 Å². The molecule has 0 heterocycles. The van der Waals surface area contributed by atoms with Crippen LogP contribution in [0.15, 0.2) is 30.3 Å². The predicted molar refractivity (Wildman–Crippen MR) is 96.6 cm³/mol. The maximum Gasteiger partial charge on any atom is 0.423 e. The Bertz CT molecular complexity index is 926. The molecule has 0 atom stereocenters. The number of hydrogen-bond acceptors (Lipinski definition) is 4. The Hall–Kier alpha value is -2.74. The van der Waals surface area contributed by atoms with Crippen LogP contribution in [-0.2, 0) is 12.8 Å². The molecule has 2 rings (SSSR count). The topological polar surface area (TPSA) is 89.6 Å². The minimum absolute atomic E-state index is 0.0328. The lowest BCUT2D eigenvalue weighted by Gasteiger charge is -2.18. The zero-order valence-electron chi connectivity index (χ0n) is 14.9. The van der Waals surface area contributed by atoms with E-state index in [2.05, 4.69) is 0 Å². The Kier molecular flexibility index (Phi) is 6.23. The van der Waals surface area contributed by atoms with Crippen molar-refractivity contribution in [2.24, 2.45) is 11.7 Å². The van der Waals surface area contributed by atoms with E-state index in [0.29, 0.717) is 5.56 Å². The van der Waals surface area contributed by atoms with Gasteiger partial charge in [0.2, 0.25) is 5.91 Å². The number of ether oxygens (including phenoxy) is 1. The largest absolute Gasteiger partial charge is 0.506 e. The molecule has 0 saturated heterocycles. The molecule has 28 heavy (non-hydrogen) atoms. The van der Waals surface area contributed by atoms with Gasteiger partial charge in [-0.25, -0.2) is 0 Å². The van der Waals surface area contributed by atoms with Gasteiger partial charge in [0.05, 0.1) is 16.1 Å². The van der Waals surface area contributed by atoms with Crippen LogP contribution in [0.1, 0.15) is 45.7 Å². The molecule has 5 nitrogen and oxygen atoms in total. The summed E-state index contributed by atoms with van der Waals surface area (Å²) in [7, 11) is 0. The SMILES string of the molecule is CC(C)C(=O)c1ccc(OCc2ccc(C(N)=O)c(Cl)c2)c(C(F)(F)F)c1O. The summed E-state index contributed by atoms with van der Waals surface area (Å²) in [6, 6.07) is 6.17. The molecular formula is C19H17ClF3NO4. The molecule has 150 valence electrons. The smallest absolute Gasteiger partial charge is 0.423 e. The zero-order valence-corrected chi connectivity index (χ0v) is 15.7. The lowest BCUT2D eigenvalue weighted by molar-refractivity contribution is -0.140. The van der Waals surface area contributed by atoms with Crippen molar-refractivity contribution in [1.29, 1.82) is 0 Å². The van der Waals surface area contributed by atoms with Crippen LogP contribution >= 0.6 is 11.6 Å². The lowest BCUT2D eigenvalue weighted by atomic mass is 9.97. The van der Waals surface area contributed by atoms with Crippen molar-refractivity contribution in [1.82, 2.24) is 0 Å². The third-order valence-electron chi connectivity index (χ3n) is 3.91. The van der Waals surface area contributed by atoms with Gasteiger partial charge in [-0.3, -0.25) is 9.59 Å². The summed E-state index contributed by atoms with van der Waals surface area (Å²) in [5.41, 5.74) is 3.72.